The SMILES string of the molecule is O=C(Cc1ccccc1)Cc1ccc(Cl)cc1. The largest absolute Gasteiger partial charge is 0.299 e. The van der Waals surface area contributed by atoms with Gasteiger partial charge in [0, 0.05) is 17.9 Å². The quantitative estimate of drug-likeness (QED) is 0.802. The Labute approximate surface area is 106 Å². The lowest BCUT2D eigenvalue weighted by molar-refractivity contribution is -0.117. The molecule has 0 aliphatic heterocycles. The normalized spacial score (nSPS) is 10.2. The number of Topliss-reactive ketones (excluding diaryl/α,β-unsaturated/α-hetero) is 1. The smallest absolute Gasteiger partial charge is 0.141 e. The van der Waals surface area contributed by atoms with Crippen LogP contribution >= 0.6 is 11.6 Å². The van der Waals surface area contributed by atoms with Gasteiger partial charge in [-0.3, -0.25) is 4.79 Å². The first-order chi connectivity index (χ1) is 8.24. The zero-order valence-electron chi connectivity index (χ0n) is 9.40. The first kappa shape index (κ1) is 11.9. The fourth-order valence-electron chi connectivity index (χ4n) is 1.72. The van der Waals surface area contributed by atoms with E-state index in [0.717, 1.165) is 11.1 Å². The summed E-state index contributed by atoms with van der Waals surface area (Å²) in [7, 11) is 0. The number of halogens is 1. The molecule has 0 unspecified atom stereocenters. The monoisotopic (exact) mass is 244 g/mol. The molecule has 2 heteroatoms. The van der Waals surface area contributed by atoms with E-state index in [-0.39, 0.29) is 5.78 Å². The molecule has 0 aliphatic carbocycles. The first-order valence-corrected chi connectivity index (χ1v) is 5.92. The highest BCUT2D eigenvalue weighted by Crippen LogP contribution is 2.11. The van der Waals surface area contributed by atoms with Gasteiger partial charge in [-0.25, -0.2) is 0 Å². The molecule has 17 heavy (non-hydrogen) atoms. The number of hydrogen-bond acceptors (Lipinski definition) is 1. The molecule has 0 amide bonds. The molecular formula is C15H13ClO. The Kier molecular flexibility index (Phi) is 3.94. The lowest BCUT2D eigenvalue weighted by atomic mass is 10.0. The van der Waals surface area contributed by atoms with Crippen molar-refractivity contribution >= 4 is 17.4 Å². The van der Waals surface area contributed by atoms with Gasteiger partial charge in [0.25, 0.3) is 0 Å². The average molecular weight is 245 g/mol. The third-order valence-electron chi connectivity index (χ3n) is 2.56. The van der Waals surface area contributed by atoms with Crippen LogP contribution in [0, 0.1) is 0 Å². The van der Waals surface area contributed by atoms with Crippen LogP contribution in [-0.4, -0.2) is 5.78 Å². The van der Waals surface area contributed by atoms with Crippen molar-refractivity contribution in [2.24, 2.45) is 0 Å². The van der Waals surface area contributed by atoms with Crippen LogP contribution in [0.5, 0.6) is 0 Å². The maximum absolute atomic E-state index is 11.8. The molecule has 0 saturated heterocycles. The van der Waals surface area contributed by atoms with Crippen LogP contribution in [0.15, 0.2) is 54.6 Å². The molecule has 0 heterocycles. The Morgan fingerprint density at radius 1 is 0.824 bits per heavy atom. The Morgan fingerprint density at radius 2 is 1.35 bits per heavy atom. The fourth-order valence-corrected chi connectivity index (χ4v) is 1.84. The molecule has 0 bridgehead atoms. The lowest BCUT2D eigenvalue weighted by Gasteiger charge is -2.02. The molecule has 0 radical (unpaired) electrons. The van der Waals surface area contributed by atoms with Crippen molar-refractivity contribution < 1.29 is 4.79 Å². The molecule has 0 saturated carbocycles. The number of carbonyl (C=O) groups is 1. The molecule has 0 spiro atoms. The summed E-state index contributed by atoms with van der Waals surface area (Å²) in [5, 5.41) is 0.698. The van der Waals surface area contributed by atoms with Gasteiger partial charge >= 0.3 is 0 Å². The van der Waals surface area contributed by atoms with Crippen LogP contribution in [0.2, 0.25) is 5.02 Å². The van der Waals surface area contributed by atoms with E-state index in [1.807, 2.05) is 54.6 Å². The first-order valence-electron chi connectivity index (χ1n) is 5.54. The Morgan fingerprint density at radius 3 is 1.94 bits per heavy atom. The molecule has 0 aliphatic rings. The third-order valence-corrected chi connectivity index (χ3v) is 2.81. The topological polar surface area (TPSA) is 17.1 Å². The molecule has 1 nitrogen and oxygen atoms in total. The van der Waals surface area contributed by atoms with E-state index in [1.54, 1.807) is 0 Å². The van der Waals surface area contributed by atoms with Crippen molar-refractivity contribution in [1.82, 2.24) is 0 Å². The van der Waals surface area contributed by atoms with Gasteiger partial charge in [0.05, 0.1) is 0 Å². The number of carbonyl (C=O) groups excluding carboxylic acids is 1. The summed E-state index contributed by atoms with van der Waals surface area (Å²) >= 11 is 5.79. The Bertz CT molecular complexity index is 488. The van der Waals surface area contributed by atoms with Crippen molar-refractivity contribution in [1.29, 1.82) is 0 Å². The van der Waals surface area contributed by atoms with Gasteiger partial charge in [-0.1, -0.05) is 54.1 Å². The van der Waals surface area contributed by atoms with Gasteiger partial charge in [0.2, 0.25) is 0 Å². The summed E-state index contributed by atoms with van der Waals surface area (Å²) in [6, 6.07) is 17.2. The Hall–Kier alpha value is -1.60. The Balaban J connectivity index is 1.96. The van der Waals surface area contributed by atoms with E-state index < -0.39 is 0 Å². The van der Waals surface area contributed by atoms with Gasteiger partial charge < -0.3 is 0 Å². The number of rotatable bonds is 4. The standard InChI is InChI=1S/C15H13ClO/c16-14-8-6-13(7-9-14)11-15(17)10-12-4-2-1-3-5-12/h1-9H,10-11H2. The average Bonchev–Trinajstić information content (AvgIpc) is 2.33. The van der Waals surface area contributed by atoms with Crippen molar-refractivity contribution in [3.05, 3.63) is 70.7 Å². The summed E-state index contributed by atoms with van der Waals surface area (Å²) in [6.07, 6.45) is 0.954. The minimum absolute atomic E-state index is 0.221. The zero-order chi connectivity index (χ0) is 12.1. The van der Waals surface area contributed by atoms with E-state index in [9.17, 15) is 4.79 Å². The third kappa shape index (κ3) is 3.72. The fraction of sp³-hybridized carbons (Fsp3) is 0.133. The van der Waals surface area contributed by atoms with Crippen LogP contribution in [-0.2, 0) is 17.6 Å². The van der Waals surface area contributed by atoms with E-state index in [4.69, 9.17) is 11.6 Å². The highest BCUT2D eigenvalue weighted by Gasteiger charge is 2.04. The van der Waals surface area contributed by atoms with Crippen LogP contribution in [0.4, 0.5) is 0 Å². The number of ketones is 1. The molecule has 0 N–H and O–H groups in total. The zero-order valence-corrected chi connectivity index (χ0v) is 10.2. The van der Waals surface area contributed by atoms with Crippen molar-refractivity contribution in [3.63, 3.8) is 0 Å². The van der Waals surface area contributed by atoms with E-state index in [1.165, 1.54) is 0 Å². The van der Waals surface area contributed by atoms with Crippen LogP contribution in [0.1, 0.15) is 11.1 Å². The summed E-state index contributed by atoms with van der Waals surface area (Å²) in [5.74, 6) is 0.221. The lowest BCUT2D eigenvalue weighted by Crippen LogP contribution is -2.06. The summed E-state index contributed by atoms with van der Waals surface area (Å²) < 4.78 is 0. The summed E-state index contributed by atoms with van der Waals surface area (Å²) in [6.45, 7) is 0. The molecular weight excluding hydrogens is 232 g/mol. The highest BCUT2D eigenvalue weighted by atomic mass is 35.5. The maximum Gasteiger partial charge on any atom is 0.141 e. The number of benzene rings is 2. The molecule has 2 rings (SSSR count). The number of hydrogen-bond donors (Lipinski definition) is 0. The van der Waals surface area contributed by atoms with E-state index >= 15 is 0 Å². The van der Waals surface area contributed by atoms with E-state index in [0.29, 0.717) is 17.9 Å². The predicted molar refractivity (Wildman–Crippen MR) is 70.3 cm³/mol. The van der Waals surface area contributed by atoms with Crippen LogP contribution in [0.25, 0.3) is 0 Å². The van der Waals surface area contributed by atoms with Gasteiger partial charge in [-0.05, 0) is 23.3 Å². The second-order valence-electron chi connectivity index (χ2n) is 4.00. The molecule has 0 aromatic heterocycles. The second kappa shape index (κ2) is 5.65. The minimum atomic E-state index is 0.221. The molecule has 2 aromatic carbocycles. The van der Waals surface area contributed by atoms with Crippen LogP contribution in [0.3, 0.4) is 0 Å². The van der Waals surface area contributed by atoms with Gasteiger partial charge in [0.1, 0.15) is 5.78 Å². The summed E-state index contributed by atoms with van der Waals surface area (Å²) in [4.78, 5) is 11.8. The molecule has 0 fully saturated rings. The highest BCUT2D eigenvalue weighted by molar-refractivity contribution is 6.30. The second-order valence-corrected chi connectivity index (χ2v) is 4.44. The maximum atomic E-state index is 11.8. The van der Waals surface area contributed by atoms with E-state index in [2.05, 4.69) is 0 Å². The minimum Gasteiger partial charge on any atom is -0.299 e. The van der Waals surface area contributed by atoms with Crippen molar-refractivity contribution in [2.45, 2.75) is 12.8 Å². The predicted octanol–water partition coefficient (Wildman–Crippen LogP) is 3.69. The molecule has 0 atom stereocenters. The van der Waals surface area contributed by atoms with Crippen LogP contribution < -0.4 is 0 Å². The molecule has 2 aromatic rings. The van der Waals surface area contributed by atoms with Gasteiger partial charge in [0.15, 0.2) is 0 Å². The molecule has 86 valence electrons. The van der Waals surface area contributed by atoms with Gasteiger partial charge in [-0.2, -0.15) is 0 Å². The van der Waals surface area contributed by atoms with Crippen molar-refractivity contribution in [2.75, 3.05) is 0 Å². The van der Waals surface area contributed by atoms with Gasteiger partial charge in [-0.15, -0.1) is 0 Å². The van der Waals surface area contributed by atoms with Crippen molar-refractivity contribution in [3.8, 4) is 0 Å². The summed E-state index contributed by atoms with van der Waals surface area (Å²) in [5.41, 5.74) is 2.07.